The summed E-state index contributed by atoms with van der Waals surface area (Å²) in [6.45, 7) is 2.53. The maximum atomic E-state index is 12.6. The Morgan fingerprint density at radius 3 is 2.54 bits per heavy atom. The molecule has 0 aromatic heterocycles. The van der Waals surface area contributed by atoms with E-state index in [-0.39, 0.29) is 17.3 Å². The first-order chi connectivity index (χ1) is 12.3. The molecule has 1 aliphatic rings. The highest BCUT2D eigenvalue weighted by molar-refractivity contribution is 7.89. The summed E-state index contributed by atoms with van der Waals surface area (Å²) in [5, 5.41) is 0.892. The molecule has 0 radical (unpaired) electrons. The number of nitrogens with zero attached hydrogens (tertiary/aromatic N) is 1. The zero-order chi connectivity index (χ0) is 18.9. The van der Waals surface area contributed by atoms with E-state index in [0.29, 0.717) is 28.6 Å². The van der Waals surface area contributed by atoms with Crippen molar-refractivity contribution in [3.63, 3.8) is 0 Å². The quantitative estimate of drug-likeness (QED) is 0.809. The third-order valence-electron chi connectivity index (χ3n) is 4.31. The number of rotatable bonds is 5. The summed E-state index contributed by atoms with van der Waals surface area (Å²) >= 11 is 11.9. The topological polar surface area (TPSA) is 66.5 Å². The Bertz CT molecular complexity index is 961. The Morgan fingerprint density at radius 2 is 1.92 bits per heavy atom. The number of carbonyl (C=O) groups excluding carboxylic acids is 1. The summed E-state index contributed by atoms with van der Waals surface area (Å²) in [5.41, 5.74) is 2.13. The Labute approximate surface area is 163 Å². The van der Waals surface area contributed by atoms with Gasteiger partial charge >= 0.3 is 0 Å². The lowest BCUT2D eigenvalue weighted by Gasteiger charge is -2.19. The Kier molecular flexibility index (Phi) is 5.58. The predicted molar refractivity (Wildman–Crippen MR) is 103 cm³/mol. The molecular formula is C18H18Cl2N2O3S. The van der Waals surface area contributed by atoms with Crippen molar-refractivity contribution in [3.05, 3.63) is 57.6 Å². The standard InChI is InChI=1S/C18H18Cl2N2O3S/c1-12-9-15(6-7-17(12)22-8-2-3-18(22)23)26(24,25)21-11-13-4-5-14(19)10-16(13)20/h4-7,9-10,21H,2-3,8,11H2,1H3. The van der Waals surface area contributed by atoms with E-state index in [1.807, 2.05) is 0 Å². The summed E-state index contributed by atoms with van der Waals surface area (Å²) in [5.74, 6) is 0.0687. The van der Waals surface area contributed by atoms with Crippen LogP contribution in [0.4, 0.5) is 5.69 Å². The van der Waals surface area contributed by atoms with Gasteiger partial charge in [-0.05, 0) is 54.8 Å². The molecule has 2 aromatic carbocycles. The van der Waals surface area contributed by atoms with Crippen LogP contribution in [-0.4, -0.2) is 20.9 Å². The number of halogens is 2. The molecule has 2 aromatic rings. The largest absolute Gasteiger partial charge is 0.312 e. The van der Waals surface area contributed by atoms with Crippen molar-refractivity contribution in [2.45, 2.75) is 31.2 Å². The molecule has 0 saturated carbocycles. The van der Waals surface area contributed by atoms with E-state index in [0.717, 1.165) is 17.7 Å². The summed E-state index contributed by atoms with van der Waals surface area (Å²) in [6, 6.07) is 9.68. The van der Waals surface area contributed by atoms with E-state index in [1.165, 1.54) is 6.07 Å². The van der Waals surface area contributed by atoms with Crippen LogP contribution in [0, 0.1) is 6.92 Å². The van der Waals surface area contributed by atoms with Gasteiger partial charge in [-0.3, -0.25) is 4.79 Å². The molecule has 1 heterocycles. The first-order valence-electron chi connectivity index (χ1n) is 8.12. The highest BCUT2D eigenvalue weighted by Crippen LogP contribution is 2.27. The van der Waals surface area contributed by atoms with Gasteiger partial charge in [0.2, 0.25) is 15.9 Å². The van der Waals surface area contributed by atoms with Crippen molar-refractivity contribution in [3.8, 4) is 0 Å². The highest BCUT2D eigenvalue weighted by Gasteiger charge is 2.24. The normalized spacial score (nSPS) is 14.9. The second-order valence-electron chi connectivity index (χ2n) is 6.16. The van der Waals surface area contributed by atoms with Gasteiger partial charge in [-0.1, -0.05) is 29.3 Å². The summed E-state index contributed by atoms with van der Waals surface area (Å²) < 4.78 is 27.7. The fraction of sp³-hybridized carbons (Fsp3) is 0.278. The molecule has 1 saturated heterocycles. The van der Waals surface area contributed by atoms with Crippen LogP contribution >= 0.6 is 23.2 Å². The molecule has 0 atom stereocenters. The molecule has 1 fully saturated rings. The van der Waals surface area contributed by atoms with Gasteiger partial charge in [0.05, 0.1) is 4.90 Å². The number of aryl methyl sites for hydroxylation is 1. The Balaban J connectivity index is 1.78. The monoisotopic (exact) mass is 412 g/mol. The molecule has 26 heavy (non-hydrogen) atoms. The number of carbonyl (C=O) groups is 1. The third kappa shape index (κ3) is 4.04. The second-order valence-corrected chi connectivity index (χ2v) is 8.77. The smallest absolute Gasteiger partial charge is 0.240 e. The molecule has 0 unspecified atom stereocenters. The van der Waals surface area contributed by atoms with Crippen LogP contribution in [0.15, 0.2) is 41.3 Å². The van der Waals surface area contributed by atoms with Crippen LogP contribution < -0.4 is 9.62 Å². The van der Waals surface area contributed by atoms with E-state index in [4.69, 9.17) is 23.2 Å². The van der Waals surface area contributed by atoms with Crippen LogP contribution in [0.1, 0.15) is 24.0 Å². The van der Waals surface area contributed by atoms with E-state index in [9.17, 15) is 13.2 Å². The average Bonchev–Trinajstić information content (AvgIpc) is 3.00. The van der Waals surface area contributed by atoms with Crippen LogP contribution in [0.2, 0.25) is 10.0 Å². The maximum absolute atomic E-state index is 12.6. The number of amides is 1. The zero-order valence-corrected chi connectivity index (χ0v) is 16.5. The number of anilines is 1. The minimum Gasteiger partial charge on any atom is -0.312 e. The second kappa shape index (κ2) is 7.56. The van der Waals surface area contributed by atoms with Crippen LogP contribution in [0.3, 0.4) is 0 Å². The molecule has 138 valence electrons. The lowest BCUT2D eigenvalue weighted by molar-refractivity contribution is -0.117. The number of hydrogen-bond acceptors (Lipinski definition) is 3. The first kappa shape index (κ1) is 19.2. The zero-order valence-electron chi connectivity index (χ0n) is 14.1. The lowest BCUT2D eigenvalue weighted by Crippen LogP contribution is -2.26. The summed E-state index contributed by atoms with van der Waals surface area (Å²) in [6.07, 6.45) is 1.35. The van der Waals surface area contributed by atoms with E-state index < -0.39 is 10.0 Å². The van der Waals surface area contributed by atoms with Crippen molar-refractivity contribution >= 4 is 44.8 Å². The molecule has 0 spiro atoms. The molecule has 0 bridgehead atoms. The number of sulfonamides is 1. The maximum Gasteiger partial charge on any atom is 0.240 e. The SMILES string of the molecule is Cc1cc(S(=O)(=O)NCc2ccc(Cl)cc2Cl)ccc1N1CCCC1=O. The molecule has 1 aliphatic heterocycles. The van der Waals surface area contributed by atoms with Gasteiger partial charge in [0.15, 0.2) is 0 Å². The fourth-order valence-corrected chi connectivity index (χ4v) is 4.49. The molecule has 5 nitrogen and oxygen atoms in total. The van der Waals surface area contributed by atoms with Gasteiger partial charge in [-0.15, -0.1) is 0 Å². The highest BCUT2D eigenvalue weighted by atomic mass is 35.5. The van der Waals surface area contributed by atoms with Gasteiger partial charge in [0.1, 0.15) is 0 Å². The molecule has 0 aliphatic carbocycles. The van der Waals surface area contributed by atoms with Crippen molar-refractivity contribution in [1.29, 1.82) is 0 Å². The number of hydrogen-bond donors (Lipinski definition) is 1. The molecule has 1 amide bonds. The van der Waals surface area contributed by atoms with Crippen molar-refractivity contribution < 1.29 is 13.2 Å². The van der Waals surface area contributed by atoms with Crippen LogP contribution in [0.5, 0.6) is 0 Å². The average molecular weight is 413 g/mol. The molecular weight excluding hydrogens is 395 g/mol. The predicted octanol–water partition coefficient (Wildman–Crippen LogP) is 3.91. The minimum absolute atomic E-state index is 0.0593. The Hall–Kier alpha value is -1.60. The van der Waals surface area contributed by atoms with Gasteiger partial charge in [0, 0.05) is 35.2 Å². The minimum atomic E-state index is -3.71. The van der Waals surface area contributed by atoms with Crippen molar-refractivity contribution in [2.24, 2.45) is 0 Å². The number of nitrogens with one attached hydrogen (secondary N) is 1. The molecule has 3 rings (SSSR count). The summed E-state index contributed by atoms with van der Waals surface area (Å²) in [7, 11) is -3.71. The first-order valence-corrected chi connectivity index (χ1v) is 10.4. The Morgan fingerprint density at radius 1 is 1.15 bits per heavy atom. The lowest BCUT2D eigenvalue weighted by atomic mass is 10.2. The van der Waals surface area contributed by atoms with Gasteiger partial charge < -0.3 is 4.90 Å². The third-order valence-corrected chi connectivity index (χ3v) is 6.30. The molecule has 1 N–H and O–H groups in total. The van der Waals surface area contributed by atoms with Crippen molar-refractivity contribution in [2.75, 3.05) is 11.4 Å². The van der Waals surface area contributed by atoms with Gasteiger partial charge in [0.25, 0.3) is 0 Å². The van der Waals surface area contributed by atoms with Crippen LogP contribution in [-0.2, 0) is 21.4 Å². The summed E-state index contributed by atoms with van der Waals surface area (Å²) in [4.78, 5) is 13.7. The van der Waals surface area contributed by atoms with Crippen molar-refractivity contribution in [1.82, 2.24) is 4.72 Å². The fourth-order valence-electron chi connectivity index (χ4n) is 2.92. The van der Waals surface area contributed by atoms with E-state index >= 15 is 0 Å². The van der Waals surface area contributed by atoms with Gasteiger partial charge in [-0.2, -0.15) is 0 Å². The van der Waals surface area contributed by atoms with Gasteiger partial charge in [-0.25, -0.2) is 13.1 Å². The number of benzene rings is 2. The van der Waals surface area contributed by atoms with E-state index in [2.05, 4.69) is 4.72 Å². The van der Waals surface area contributed by atoms with E-state index in [1.54, 1.807) is 42.2 Å². The molecule has 8 heteroatoms. The van der Waals surface area contributed by atoms with Crippen LogP contribution in [0.25, 0.3) is 0 Å².